The van der Waals surface area contributed by atoms with Crippen LogP contribution < -0.4 is 10.1 Å². The summed E-state index contributed by atoms with van der Waals surface area (Å²) in [6.45, 7) is 6.05. The van der Waals surface area contributed by atoms with Crippen LogP contribution in [-0.4, -0.2) is 49.3 Å². The topological polar surface area (TPSA) is 67.9 Å². The number of rotatable bonds is 9. The van der Waals surface area contributed by atoms with Gasteiger partial charge in [-0.05, 0) is 62.3 Å². The van der Waals surface area contributed by atoms with E-state index < -0.39 is 0 Å². The zero-order valence-corrected chi connectivity index (χ0v) is 20.2. The maximum atomic E-state index is 12.6. The van der Waals surface area contributed by atoms with E-state index in [0.717, 1.165) is 52.8 Å². The van der Waals surface area contributed by atoms with Gasteiger partial charge in [-0.2, -0.15) is 0 Å². The standard InChI is InChI=1S/C23H30N2O4S2/c1-15(2)25-12-11-18-19(14-25)31-22(21(18)23(27)29-4)24-20(26)6-5-13-30-17-9-7-16(28-3)8-10-17/h7-10,15H,5-6,11-14H2,1-4H3,(H,24,26). The molecule has 0 fully saturated rings. The summed E-state index contributed by atoms with van der Waals surface area (Å²) < 4.78 is 10.2. The molecule has 2 heterocycles. The van der Waals surface area contributed by atoms with E-state index in [9.17, 15) is 9.59 Å². The Bertz CT molecular complexity index is 909. The second kappa shape index (κ2) is 11.0. The molecule has 2 aromatic rings. The molecule has 1 aromatic carbocycles. The van der Waals surface area contributed by atoms with Crippen molar-refractivity contribution in [2.45, 2.75) is 50.6 Å². The van der Waals surface area contributed by atoms with Gasteiger partial charge in [-0.25, -0.2) is 4.79 Å². The molecule has 1 amide bonds. The Balaban J connectivity index is 1.58. The van der Waals surface area contributed by atoms with Gasteiger partial charge in [0, 0.05) is 35.3 Å². The van der Waals surface area contributed by atoms with E-state index >= 15 is 0 Å². The number of thiophene rings is 1. The first-order valence-electron chi connectivity index (χ1n) is 10.5. The minimum atomic E-state index is -0.374. The highest BCUT2D eigenvalue weighted by molar-refractivity contribution is 7.99. The molecule has 3 rings (SSSR count). The first kappa shape index (κ1) is 23.6. The normalized spacial score (nSPS) is 13.7. The van der Waals surface area contributed by atoms with Crippen LogP contribution in [0.4, 0.5) is 5.00 Å². The maximum absolute atomic E-state index is 12.6. The van der Waals surface area contributed by atoms with Crippen molar-refractivity contribution in [1.82, 2.24) is 4.90 Å². The van der Waals surface area contributed by atoms with Gasteiger partial charge >= 0.3 is 5.97 Å². The van der Waals surface area contributed by atoms with Crippen LogP contribution in [0.3, 0.4) is 0 Å². The summed E-state index contributed by atoms with van der Waals surface area (Å²) in [6.07, 6.45) is 1.95. The van der Waals surface area contributed by atoms with E-state index in [4.69, 9.17) is 9.47 Å². The summed E-state index contributed by atoms with van der Waals surface area (Å²) in [5, 5.41) is 3.60. The Morgan fingerprint density at radius 3 is 2.61 bits per heavy atom. The van der Waals surface area contributed by atoms with Crippen molar-refractivity contribution in [2.75, 3.05) is 31.8 Å². The first-order valence-corrected chi connectivity index (χ1v) is 12.3. The molecule has 8 heteroatoms. The molecule has 0 bridgehead atoms. The summed E-state index contributed by atoms with van der Waals surface area (Å²) in [5.74, 6) is 1.23. The van der Waals surface area contributed by atoms with Crippen molar-refractivity contribution in [1.29, 1.82) is 0 Å². The number of hydrogen-bond donors (Lipinski definition) is 1. The second-order valence-corrected chi connectivity index (χ2v) is 9.96. The maximum Gasteiger partial charge on any atom is 0.341 e. The van der Waals surface area contributed by atoms with Crippen molar-refractivity contribution in [3.63, 3.8) is 0 Å². The number of hydrogen-bond acceptors (Lipinski definition) is 7. The number of carbonyl (C=O) groups is 2. The lowest BCUT2D eigenvalue weighted by Gasteiger charge is -2.30. The van der Waals surface area contributed by atoms with Crippen molar-refractivity contribution in [3.8, 4) is 5.75 Å². The molecule has 0 saturated carbocycles. The van der Waals surface area contributed by atoms with Crippen LogP contribution >= 0.6 is 23.1 Å². The van der Waals surface area contributed by atoms with Gasteiger partial charge in [-0.1, -0.05) is 0 Å². The molecule has 1 aliphatic rings. The lowest BCUT2D eigenvalue weighted by Crippen LogP contribution is -2.35. The summed E-state index contributed by atoms with van der Waals surface area (Å²) in [6, 6.07) is 8.34. The number of amides is 1. The Labute approximate surface area is 192 Å². The van der Waals surface area contributed by atoms with Gasteiger partial charge in [0.15, 0.2) is 0 Å². The van der Waals surface area contributed by atoms with E-state index in [1.807, 2.05) is 24.3 Å². The molecule has 0 atom stereocenters. The van der Waals surface area contributed by atoms with E-state index in [-0.39, 0.29) is 11.9 Å². The summed E-state index contributed by atoms with van der Waals surface area (Å²) in [4.78, 5) is 29.7. The number of nitrogens with one attached hydrogen (secondary N) is 1. The number of ether oxygens (including phenoxy) is 2. The number of benzene rings is 1. The number of anilines is 1. The van der Waals surface area contributed by atoms with Crippen LogP contribution in [0.25, 0.3) is 0 Å². The van der Waals surface area contributed by atoms with Gasteiger partial charge in [-0.15, -0.1) is 23.1 Å². The fourth-order valence-electron chi connectivity index (χ4n) is 3.55. The highest BCUT2D eigenvalue weighted by Crippen LogP contribution is 2.38. The fraction of sp³-hybridized carbons (Fsp3) is 0.478. The molecule has 1 N–H and O–H groups in total. The van der Waals surface area contributed by atoms with Crippen LogP contribution in [0.1, 0.15) is 47.5 Å². The van der Waals surface area contributed by atoms with E-state index in [0.29, 0.717) is 23.0 Å². The van der Waals surface area contributed by atoms with E-state index in [1.165, 1.54) is 18.4 Å². The number of fused-ring (bicyclic) bond motifs is 1. The summed E-state index contributed by atoms with van der Waals surface area (Å²) in [7, 11) is 3.04. The molecule has 0 saturated heterocycles. The van der Waals surface area contributed by atoms with Gasteiger partial charge < -0.3 is 14.8 Å². The molecule has 0 aliphatic carbocycles. The Hall–Kier alpha value is -2.03. The van der Waals surface area contributed by atoms with Crippen molar-refractivity contribution < 1.29 is 19.1 Å². The largest absolute Gasteiger partial charge is 0.497 e. The van der Waals surface area contributed by atoms with Gasteiger partial charge in [0.2, 0.25) is 5.91 Å². The Morgan fingerprint density at radius 2 is 1.97 bits per heavy atom. The molecule has 1 aromatic heterocycles. The number of thioether (sulfide) groups is 1. The monoisotopic (exact) mass is 462 g/mol. The van der Waals surface area contributed by atoms with Crippen LogP contribution in [0, 0.1) is 0 Å². The minimum Gasteiger partial charge on any atom is -0.497 e. The van der Waals surface area contributed by atoms with Crippen LogP contribution in [0.5, 0.6) is 5.75 Å². The average molecular weight is 463 g/mol. The summed E-state index contributed by atoms with van der Waals surface area (Å²) in [5.41, 5.74) is 1.56. The SMILES string of the molecule is COC(=O)c1c(NC(=O)CCCSc2ccc(OC)cc2)sc2c1CCN(C(C)C)C2. The zero-order chi connectivity index (χ0) is 22.4. The molecular formula is C23H30N2O4S2. The van der Waals surface area contributed by atoms with E-state index in [2.05, 4.69) is 24.1 Å². The molecule has 0 unspecified atom stereocenters. The summed E-state index contributed by atoms with van der Waals surface area (Å²) >= 11 is 3.22. The lowest BCUT2D eigenvalue weighted by atomic mass is 10.0. The molecule has 31 heavy (non-hydrogen) atoms. The molecule has 1 aliphatic heterocycles. The van der Waals surface area contributed by atoms with Crippen molar-refractivity contribution >= 4 is 40.0 Å². The highest BCUT2D eigenvalue weighted by atomic mass is 32.2. The number of carbonyl (C=O) groups excluding carboxylic acids is 2. The van der Waals surface area contributed by atoms with Gasteiger partial charge in [0.1, 0.15) is 10.8 Å². The lowest BCUT2D eigenvalue weighted by molar-refractivity contribution is -0.116. The first-order chi connectivity index (χ1) is 14.9. The van der Waals surface area contributed by atoms with Gasteiger partial charge in [0.05, 0.1) is 19.8 Å². The number of nitrogens with zero attached hydrogens (tertiary/aromatic N) is 1. The molecular weight excluding hydrogens is 432 g/mol. The van der Waals surface area contributed by atoms with Crippen molar-refractivity contribution in [3.05, 3.63) is 40.3 Å². The highest BCUT2D eigenvalue weighted by Gasteiger charge is 2.29. The number of esters is 1. The molecule has 6 nitrogen and oxygen atoms in total. The van der Waals surface area contributed by atoms with Crippen LogP contribution in [0.15, 0.2) is 29.2 Å². The molecule has 168 valence electrons. The predicted octanol–water partition coefficient (Wildman–Crippen LogP) is 4.82. The second-order valence-electron chi connectivity index (χ2n) is 7.69. The third-order valence-corrected chi connectivity index (χ3v) is 7.57. The smallest absolute Gasteiger partial charge is 0.341 e. The van der Waals surface area contributed by atoms with Crippen molar-refractivity contribution in [2.24, 2.45) is 0 Å². The quantitative estimate of drug-likeness (QED) is 0.327. The average Bonchev–Trinajstić information content (AvgIpc) is 3.13. The van der Waals surface area contributed by atoms with Gasteiger partial charge in [-0.3, -0.25) is 9.69 Å². The van der Waals surface area contributed by atoms with Gasteiger partial charge in [0.25, 0.3) is 0 Å². The Morgan fingerprint density at radius 1 is 1.23 bits per heavy atom. The predicted molar refractivity (Wildman–Crippen MR) is 126 cm³/mol. The Kier molecular flexibility index (Phi) is 8.40. The fourth-order valence-corrected chi connectivity index (χ4v) is 5.68. The van der Waals surface area contributed by atoms with E-state index in [1.54, 1.807) is 18.9 Å². The van der Waals surface area contributed by atoms with Crippen LogP contribution in [0.2, 0.25) is 0 Å². The van der Waals surface area contributed by atoms with Crippen LogP contribution in [-0.2, 0) is 22.5 Å². The third-order valence-electron chi connectivity index (χ3n) is 5.34. The minimum absolute atomic E-state index is 0.0696. The molecule has 0 radical (unpaired) electrons. The third kappa shape index (κ3) is 6.02. The molecule has 0 spiro atoms. The zero-order valence-electron chi connectivity index (χ0n) is 18.5. The number of methoxy groups -OCH3 is 2.